The lowest BCUT2D eigenvalue weighted by Gasteiger charge is -2.31. The first-order valence-electron chi connectivity index (χ1n) is 41.5. The Balaban J connectivity index is 0.000000167. The lowest BCUT2D eigenvalue weighted by molar-refractivity contribution is 0.0657. The fourth-order valence-electron chi connectivity index (χ4n) is 13.7. The summed E-state index contributed by atoms with van der Waals surface area (Å²) in [4.78, 5) is 65.4. The molecule has 24 nitrogen and oxygen atoms in total. The van der Waals surface area contributed by atoms with Gasteiger partial charge in [-0.05, 0) is 249 Å². The van der Waals surface area contributed by atoms with Crippen molar-refractivity contribution >= 4 is 46.8 Å². The topological polar surface area (TPSA) is 238 Å². The Morgan fingerprint density at radius 3 is 1.33 bits per heavy atom. The second-order valence-electron chi connectivity index (χ2n) is 33.2. The Morgan fingerprint density at radius 2 is 0.835 bits per heavy atom. The van der Waals surface area contributed by atoms with Gasteiger partial charge in [0.15, 0.2) is 22.8 Å². The molecule has 2 N–H and O–H groups in total. The van der Waals surface area contributed by atoms with Gasteiger partial charge in [0.05, 0.1) is 56.7 Å². The third kappa shape index (κ3) is 25.0. The number of nitrogens with one attached hydrogen (secondary N) is 2. The number of piperazine rings is 1. The average Bonchev–Trinajstić information content (AvgIpc) is 1.68. The zero-order valence-electron chi connectivity index (χ0n) is 74.6. The van der Waals surface area contributed by atoms with Crippen LogP contribution < -0.4 is 10.6 Å². The minimum atomic E-state index is -0.483. The van der Waals surface area contributed by atoms with Crippen LogP contribution in [-0.2, 0) is 0 Å². The van der Waals surface area contributed by atoms with Gasteiger partial charge in [-0.25, -0.2) is 32.5 Å². The van der Waals surface area contributed by atoms with E-state index in [0.717, 1.165) is 131 Å². The van der Waals surface area contributed by atoms with Crippen molar-refractivity contribution < 1.29 is 23.6 Å². The second kappa shape index (κ2) is 42.8. The predicted octanol–water partition coefficient (Wildman–Crippen LogP) is 18.3. The van der Waals surface area contributed by atoms with E-state index in [9.17, 15) is 23.6 Å². The molecule has 0 atom stereocenters. The van der Waals surface area contributed by atoms with Crippen LogP contribution in [0.4, 0.5) is 4.39 Å². The van der Waals surface area contributed by atoms with Gasteiger partial charge in [-0.1, -0.05) is 136 Å². The zero-order chi connectivity index (χ0) is 88.4. The van der Waals surface area contributed by atoms with Crippen molar-refractivity contribution in [1.29, 1.82) is 0 Å². The third-order valence-electron chi connectivity index (χ3n) is 20.7. The minimum absolute atomic E-state index is 0.0261. The molecule has 2 aliphatic heterocycles. The molecular weight excluding hydrogens is 1560 g/mol. The highest BCUT2D eigenvalue weighted by Gasteiger charge is 2.28. The summed E-state index contributed by atoms with van der Waals surface area (Å²) in [6.07, 6.45) is 9.25. The van der Waals surface area contributed by atoms with E-state index >= 15 is 0 Å². The minimum Gasteiger partial charge on any atom is -0.354 e. The van der Waals surface area contributed by atoms with Gasteiger partial charge in [-0.2, -0.15) is 30.6 Å². The maximum absolute atomic E-state index is 13.3. The Morgan fingerprint density at radius 1 is 0.413 bits per heavy atom. The maximum atomic E-state index is 13.3. The number of pyridine rings is 2. The van der Waals surface area contributed by atoms with Gasteiger partial charge < -0.3 is 30.2 Å². The largest absolute Gasteiger partial charge is 0.354 e. The number of likely N-dealkylation sites (N-methyl/N-ethyl adjacent to an activating group) is 1. The second-order valence-corrected chi connectivity index (χ2v) is 34.0. The number of aryl methyl sites for hydroxylation is 6. The van der Waals surface area contributed by atoms with E-state index in [2.05, 4.69) is 182 Å². The van der Waals surface area contributed by atoms with E-state index in [1.165, 1.54) is 39.5 Å². The first-order chi connectivity index (χ1) is 57.4. The Kier molecular flexibility index (Phi) is 33.1. The van der Waals surface area contributed by atoms with Crippen molar-refractivity contribution in [3.63, 3.8) is 0 Å². The Hall–Kier alpha value is -11.3. The number of halogens is 3. The van der Waals surface area contributed by atoms with Crippen LogP contribution in [0.15, 0.2) is 164 Å². The number of rotatable bonds is 17. The molecule has 4 amide bonds. The highest BCUT2D eigenvalue weighted by molar-refractivity contribution is 6.31. The van der Waals surface area contributed by atoms with Crippen molar-refractivity contribution in [2.24, 2.45) is 0 Å². The molecule has 121 heavy (non-hydrogen) atoms. The molecule has 2 aliphatic rings. The summed E-state index contributed by atoms with van der Waals surface area (Å²) in [7, 11) is 9.16. The molecule has 2 saturated heterocycles. The highest BCUT2D eigenvalue weighted by Crippen LogP contribution is 2.30. The molecule has 12 aromatic rings. The summed E-state index contributed by atoms with van der Waals surface area (Å²) < 4.78 is 24.5. The first-order valence-corrected chi connectivity index (χ1v) is 42.3. The van der Waals surface area contributed by atoms with E-state index in [1.54, 1.807) is 50.4 Å². The summed E-state index contributed by atoms with van der Waals surface area (Å²) in [5.74, 6) is 1.07. The average molecular weight is 1690 g/mol. The number of hydrogen-bond donors (Lipinski definition) is 2. The number of hydrogen-bond acceptors (Lipinski definition) is 14. The molecule has 642 valence electrons. The van der Waals surface area contributed by atoms with Gasteiger partial charge in [0.25, 0.3) is 23.6 Å². The van der Waals surface area contributed by atoms with Crippen molar-refractivity contribution in [3.05, 3.63) is 271 Å². The number of aromatic nitrogens is 14. The quantitative estimate of drug-likeness (QED) is 0.0862. The smallest absolute Gasteiger partial charge is 0.274 e. The molecule has 14 rings (SSSR count). The summed E-state index contributed by atoms with van der Waals surface area (Å²) in [6.45, 7) is 42.9. The van der Waals surface area contributed by atoms with Crippen LogP contribution in [0.2, 0.25) is 10.0 Å². The molecule has 0 spiro atoms. The Bertz CT molecular complexity index is 5440. The lowest BCUT2D eigenvalue weighted by atomic mass is 10.1. The normalized spacial score (nSPS) is 13.1. The van der Waals surface area contributed by atoms with Gasteiger partial charge in [0.2, 0.25) is 0 Å². The molecule has 0 saturated carbocycles. The van der Waals surface area contributed by atoms with Crippen LogP contribution in [0, 0.1) is 47.4 Å². The summed E-state index contributed by atoms with van der Waals surface area (Å²) in [5.41, 5.74) is 20.5. The summed E-state index contributed by atoms with van der Waals surface area (Å²) in [5, 5.41) is 33.5. The number of amides is 4. The van der Waals surface area contributed by atoms with E-state index in [4.69, 9.17) is 23.2 Å². The van der Waals surface area contributed by atoms with Crippen LogP contribution in [0.5, 0.6) is 0 Å². The Labute approximate surface area is 723 Å². The predicted molar refractivity (Wildman–Crippen MR) is 483 cm³/mol. The van der Waals surface area contributed by atoms with Gasteiger partial charge >= 0.3 is 0 Å². The molecule has 2 fully saturated rings. The summed E-state index contributed by atoms with van der Waals surface area (Å²) in [6, 6.07) is 44.5. The molecule has 0 unspecified atom stereocenters. The SMILES string of the molecule is CC(C)c1cc(C(=O)N(C)C)nn1-c1ccc(F)c(Cl)c1.CNC(=O)c1cc(C(C)C)n(-c2ccc(C)cc2)n1.Cc1cc(-n2nc(C(=O)NC3CCN(C)CC3)cc2C(C)C)ccc1Cl.Cc1cc(C(C)C)n(-c2ccncc2)n1.Cc1cccc(-n2nc(C(=O)N3CCN(C)CC3)cc2C(C)C)c1.Cc1cncc(-n2nc(C)cc2C(C)C)c1. The number of nitrogens with zero attached hydrogens (tertiary/aromatic N) is 18. The van der Waals surface area contributed by atoms with Crippen molar-refractivity contribution in [1.82, 2.24) is 98.9 Å². The van der Waals surface area contributed by atoms with E-state index in [0.29, 0.717) is 52.1 Å². The van der Waals surface area contributed by atoms with Gasteiger partial charge in [-0.15, -0.1) is 0 Å². The number of carbonyl (C=O) groups is 4. The standard InChI is InChI=1S/C20H27ClN4O.C19H26N4O.C15H17ClFN3O.C15H19N3O.C13H17N3.C12H15N3/c1-13(2)19-12-18(20(26)22-15-7-9-24(4)10-8-15)23-25(19)16-5-6-17(21)14(3)11-16;1-14(2)18-13-17(19(24)22-10-8-21(4)9-11-22)20-23(18)16-7-5-6-15(3)12-16;1-9(2)14-8-13(15(21)19(3)4)18-20(14)10-5-6-12(17)11(16)7-10;1-10(2)14-9-13(15(19)16-4)17-18(14)12-7-5-11(3)6-8-12;1-9(2)13-6-11(4)15-16(13)12-5-10(3)7-14-8-12;1-9(2)12-8-10(3)14-15(12)11-4-6-13-7-5-11/h5-6,11-13,15H,7-10H2,1-4H3,(H,22,26);5-7,12-14H,8-11H2,1-4H3;5-9H,1-4H3;5-10H,1-4H3,(H,16,19);5-9H,1-4H3;4-9H,1-3H3. The van der Waals surface area contributed by atoms with E-state index in [-0.39, 0.29) is 46.5 Å². The first kappa shape index (κ1) is 93.6. The zero-order valence-corrected chi connectivity index (χ0v) is 76.1. The third-order valence-corrected chi connectivity index (χ3v) is 21.4. The molecular formula is C94H121Cl2FN20O4. The molecule has 8 aromatic heterocycles. The number of benzene rings is 4. The number of likely N-dealkylation sites (tertiary alicyclic amines) is 1. The van der Waals surface area contributed by atoms with Crippen LogP contribution in [-0.4, -0.2) is 192 Å². The number of carbonyl (C=O) groups excluding carboxylic acids is 4. The van der Waals surface area contributed by atoms with Crippen LogP contribution in [0.3, 0.4) is 0 Å². The van der Waals surface area contributed by atoms with Crippen molar-refractivity contribution in [3.8, 4) is 34.1 Å². The maximum Gasteiger partial charge on any atom is 0.274 e. The van der Waals surface area contributed by atoms with Gasteiger partial charge in [0, 0.05) is 111 Å². The van der Waals surface area contributed by atoms with E-state index in [1.807, 2.05) is 174 Å². The molecule has 0 radical (unpaired) electrons. The van der Waals surface area contributed by atoms with Crippen LogP contribution in [0.1, 0.15) is 241 Å². The van der Waals surface area contributed by atoms with Gasteiger partial charge in [0.1, 0.15) is 5.82 Å². The van der Waals surface area contributed by atoms with E-state index < -0.39 is 5.82 Å². The van der Waals surface area contributed by atoms with Crippen molar-refractivity contribution in [2.75, 3.05) is 74.5 Å². The molecule has 4 aromatic carbocycles. The van der Waals surface area contributed by atoms with Crippen LogP contribution >= 0.6 is 23.2 Å². The molecule has 27 heteroatoms. The highest BCUT2D eigenvalue weighted by atomic mass is 35.5. The van der Waals surface area contributed by atoms with Gasteiger partial charge in [-0.3, -0.25) is 29.1 Å². The fraction of sp³-hybridized carbons (Fsp3) is 0.404. The monoisotopic (exact) mass is 1680 g/mol. The molecule has 0 bridgehead atoms. The molecule has 0 aliphatic carbocycles. The number of piperidine rings is 1. The lowest BCUT2D eigenvalue weighted by Crippen LogP contribution is -2.47. The fourth-order valence-corrected chi connectivity index (χ4v) is 14.0. The van der Waals surface area contributed by atoms with Crippen LogP contribution in [0.25, 0.3) is 34.1 Å². The molecule has 10 heterocycles. The summed E-state index contributed by atoms with van der Waals surface area (Å²) >= 11 is 12.0. The van der Waals surface area contributed by atoms with Crippen molar-refractivity contribution in [2.45, 2.75) is 179 Å².